The van der Waals surface area contributed by atoms with E-state index in [0.717, 1.165) is 12.8 Å². The number of carbonyl (C=O) groups excluding carboxylic acids is 1. The highest BCUT2D eigenvalue weighted by Crippen LogP contribution is 2.28. The van der Waals surface area contributed by atoms with Crippen molar-refractivity contribution in [1.82, 2.24) is 4.90 Å². The van der Waals surface area contributed by atoms with Gasteiger partial charge in [0.15, 0.2) is 0 Å². The molecule has 0 radical (unpaired) electrons. The Morgan fingerprint density at radius 1 is 1.29 bits per heavy atom. The Morgan fingerprint density at radius 3 is 2.24 bits per heavy atom. The molecule has 1 aliphatic rings. The van der Waals surface area contributed by atoms with Gasteiger partial charge in [-0.2, -0.15) is 0 Å². The Labute approximate surface area is 101 Å². The van der Waals surface area contributed by atoms with E-state index in [-0.39, 0.29) is 12.0 Å². The van der Waals surface area contributed by atoms with Gasteiger partial charge in [-0.05, 0) is 18.8 Å². The van der Waals surface area contributed by atoms with E-state index in [4.69, 9.17) is 10.2 Å². The first-order chi connectivity index (χ1) is 7.82. The van der Waals surface area contributed by atoms with Gasteiger partial charge in [-0.1, -0.05) is 13.8 Å². The Kier molecular flexibility index (Phi) is 4.51. The molecule has 1 rings (SSSR count). The Balaban J connectivity index is 2.43. The second-order valence-corrected chi connectivity index (χ2v) is 5.13. The van der Waals surface area contributed by atoms with Crippen molar-refractivity contribution in [2.24, 2.45) is 17.8 Å². The highest BCUT2D eigenvalue weighted by molar-refractivity contribution is 5.84. The predicted molar refractivity (Wildman–Crippen MR) is 62.3 cm³/mol. The third-order valence-corrected chi connectivity index (χ3v) is 3.65. The van der Waals surface area contributed by atoms with Crippen LogP contribution in [-0.4, -0.2) is 46.7 Å². The van der Waals surface area contributed by atoms with Crippen LogP contribution in [0.1, 0.15) is 26.7 Å². The SMILES string of the molecule is CC(C(=O)O)C(C)C(=O)N(C)CC1CC(O)C1. The van der Waals surface area contributed by atoms with E-state index in [2.05, 4.69) is 0 Å². The fraction of sp³-hybridized carbons (Fsp3) is 0.833. The molecule has 0 spiro atoms. The summed E-state index contributed by atoms with van der Waals surface area (Å²) in [5, 5.41) is 18.0. The molecular weight excluding hydrogens is 222 g/mol. The number of carbonyl (C=O) groups is 2. The Morgan fingerprint density at radius 2 is 1.82 bits per heavy atom. The van der Waals surface area contributed by atoms with Gasteiger partial charge in [-0.3, -0.25) is 9.59 Å². The van der Waals surface area contributed by atoms with Gasteiger partial charge in [-0.25, -0.2) is 0 Å². The van der Waals surface area contributed by atoms with Gasteiger partial charge in [0.25, 0.3) is 0 Å². The van der Waals surface area contributed by atoms with Gasteiger partial charge in [0.05, 0.1) is 12.0 Å². The number of aliphatic hydroxyl groups excluding tert-OH is 1. The third kappa shape index (κ3) is 3.43. The Hall–Kier alpha value is -1.10. The predicted octanol–water partition coefficient (Wildman–Crippen LogP) is 0.572. The molecule has 0 saturated heterocycles. The lowest BCUT2D eigenvalue weighted by atomic mass is 9.82. The van der Waals surface area contributed by atoms with Crippen LogP contribution in [0.25, 0.3) is 0 Å². The van der Waals surface area contributed by atoms with Crippen LogP contribution in [0.4, 0.5) is 0 Å². The highest BCUT2D eigenvalue weighted by Gasteiger charge is 2.32. The van der Waals surface area contributed by atoms with Crippen LogP contribution in [-0.2, 0) is 9.59 Å². The minimum atomic E-state index is -0.946. The normalized spacial score (nSPS) is 26.8. The highest BCUT2D eigenvalue weighted by atomic mass is 16.4. The van der Waals surface area contributed by atoms with E-state index in [9.17, 15) is 9.59 Å². The summed E-state index contributed by atoms with van der Waals surface area (Å²) in [4.78, 5) is 24.3. The minimum Gasteiger partial charge on any atom is -0.481 e. The van der Waals surface area contributed by atoms with Crippen molar-refractivity contribution in [2.75, 3.05) is 13.6 Å². The zero-order valence-corrected chi connectivity index (χ0v) is 10.6. The Bertz CT molecular complexity index is 299. The number of carboxylic acid groups (broad SMARTS) is 1. The fourth-order valence-electron chi connectivity index (χ4n) is 2.10. The van der Waals surface area contributed by atoms with Crippen molar-refractivity contribution < 1.29 is 19.8 Å². The molecular formula is C12H21NO4. The first-order valence-corrected chi connectivity index (χ1v) is 5.98. The molecule has 0 bridgehead atoms. The second kappa shape index (κ2) is 5.49. The second-order valence-electron chi connectivity index (χ2n) is 5.13. The number of nitrogens with zero attached hydrogens (tertiary/aromatic N) is 1. The van der Waals surface area contributed by atoms with Crippen LogP contribution in [0.15, 0.2) is 0 Å². The summed E-state index contributed by atoms with van der Waals surface area (Å²) >= 11 is 0. The molecule has 1 amide bonds. The van der Waals surface area contributed by atoms with Gasteiger partial charge in [0.1, 0.15) is 0 Å². The minimum absolute atomic E-state index is 0.138. The maximum Gasteiger partial charge on any atom is 0.307 e. The molecule has 98 valence electrons. The van der Waals surface area contributed by atoms with Gasteiger partial charge >= 0.3 is 5.97 Å². The van der Waals surface area contributed by atoms with Crippen molar-refractivity contribution >= 4 is 11.9 Å². The van der Waals surface area contributed by atoms with E-state index in [1.807, 2.05) is 0 Å². The molecule has 2 unspecified atom stereocenters. The maximum absolute atomic E-state index is 11.9. The molecule has 2 atom stereocenters. The number of rotatable bonds is 5. The lowest BCUT2D eigenvalue weighted by molar-refractivity contribution is -0.149. The quantitative estimate of drug-likeness (QED) is 0.740. The average Bonchev–Trinajstić information content (AvgIpc) is 2.23. The average molecular weight is 243 g/mol. The maximum atomic E-state index is 11.9. The van der Waals surface area contributed by atoms with Crippen molar-refractivity contribution in [3.05, 3.63) is 0 Å². The molecule has 5 nitrogen and oxygen atoms in total. The lowest BCUT2D eigenvalue weighted by Gasteiger charge is -2.35. The number of aliphatic hydroxyl groups is 1. The third-order valence-electron chi connectivity index (χ3n) is 3.65. The van der Waals surface area contributed by atoms with Crippen LogP contribution in [0.5, 0.6) is 0 Å². The first-order valence-electron chi connectivity index (χ1n) is 5.98. The molecule has 1 fully saturated rings. The van der Waals surface area contributed by atoms with Gasteiger partial charge < -0.3 is 15.1 Å². The van der Waals surface area contributed by atoms with Gasteiger partial charge in [0.2, 0.25) is 5.91 Å². The summed E-state index contributed by atoms with van der Waals surface area (Å²) < 4.78 is 0. The van der Waals surface area contributed by atoms with Crippen LogP contribution >= 0.6 is 0 Å². The number of aliphatic carboxylic acids is 1. The van der Waals surface area contributed by atoms with E-state index in [0.29, 0.717) is 12.5 Å². The summed E-state index contributed by atoms with van der Waals surface area (Å²) in [6, 6.07) is 0. The zero-order valence-electron chi connectivity index (χ0n) is 10.6. The van der Waals surface area contributed by atoms with E-state index in [1.165, 1.54) is 0 Å². The summed E-state index contributed by atoms with van der Waals surface area (Å²) in [6.45, 7) is 3.80. The van der Waals surface area contributed by atoms with Crippen LogP contribution in [0, 0.1) is 17.8 Å². The van der Waals surface area contributed by atoms with Crippen LogP contribution in [0.3, 0.4) is 0 Å². The van der Waals surface area contributed by atoms with Crippen molar-refractivity contribution in [3.8, 4) is 0 Å². The molecule has 0 aromatic carbocycles. The van der Waals surface area contributed by atoms with E-state index in [1.54, 1.807) is 25.8 Å². The molecule has 1 aliphatic carbocycles. The van der Waals surface area contributed by atoms with Crippen molar-refractivity contribution in [2.45, 2.75) is 32.8 Å². The molecule has 2 N–H and O–H groups in total. The van der Waals surface area contributed by atoms with Crippen LogP contribution in [0.2, 0.25) is 0 Å². The van der Waals surface area contributed by atoms with Crippen molar-refractivity contribution in [3.63, 3.8) is 0 Å². The number of hydrogen-bond donors (Lipinski definition) is 2. The number of hydrogen-bond acceptors (Lipinski definition) is 3. The fourth-order valence-corrected chi connectivity index (χ4v) is 2.10. The monoisotopic (exact) mass is 243 g/mol. The van der Waals surface area contributed by atoms with Gasteiger partial charge in [-0.15, -0.1) is 0 Å². The topological polar surface area (TPSA) is 77.8 Å². The smallest absolute Gasteiger partial charge is 0.307 e. The molecule has 17 heavy (non-hydrogen) atoms. The molecule has 0 aromatic heterocycles. The van der Waals surface area contributed by atoms with Gasteiger partial charge in [0, 0.05) is 19.5 Å². The molecule has 0 aromatic rings. The van der Waals surface area contributed by atoms with E-state index >= 15 is 0 Å². The number of amides is 1. The van der Waals surface area contributed by atoms with Crippen molar-refractivity contribution in [1.29, 1.82) is 0 Å². The summed E-state index contributed by atoms with van der Waals surface area (Å²) in [5.74, 6) is -1.91. The summed E-state index contributed by atoms with van der Waals surface area (Å²) in [5.41, 5.74) is 0. The molecule has 0 aliphatic heterocycles. The molecule has 1 saturated carbocycles. The first kappa shape index (κ1) is 14.0. The molecule has 0 heterocycles. The summed E-state index contributed by atoms with van der Waals surface area (Å²) in [6.07, 6.45) is 1.25. The number of carboxylic acids is 1. The summed E-state index contributed by atoms with van der Waals surface area (Å²) in [7, 11) is 1.69. The largest absolute Gasteiger partial charge is 0.481 e. The van der Waals surface area contributed by atoms with Crippen LogP contribution < -0.4 is 0 Å². The zero-order chi connectivity index (χ0) is 13.2. The standard InChI is InChI=1S/C12H21NO4/c1-7(8(2)12(16)17)11(15)13(3)6-9-4-10(14)5-9/h7-10,14H,4-6H2,1-3H3,(H,16,17). The lowest BCUT2D eigenvalue weighted by Crippen LogP contribution is -2.43. The van der Waals surface area contributed by atoms with E-state index < -0.39 is 17.8 Å². The molecule has 5 heteroatoms.